The highest BCUT2D eigenvalue weighted by Crippen LogP contribution is 2.17. The number of nitrogens with zero attached hydrogens (tertiary/aromatic N) is 1. The van der Waals surface area contributed by atoms with E-state index < -0.39 is 6.04 Å². The first kappa shape index (κ1) is 24.2. The van der Waals surface area contributed by atoms with Gasteiger partial charge < -0.3 is 10.2 Å². The summed E-state index contributed by atoms with van der Waals surface area (Å²) in [5.74, 6) is -0.163. The molecule has 0 radical (unpaired) electrons. The SMILES string of the molecule is CCC(C)NC(=O)C(Cc1ccccc1)N(Cc1ccccc1)C(=O)Cc1ccc(C)cc1. The molecule has 2 unspecified atom stereocenters. The van der Waals surface area contributed by atoms with Crippen LogP contribution in [0.25, 0.3) is 0 Å². The molecule has 2 atom stereocenters. The van der Waals surface area contributed by atoms with Gasteiger partial charge in [-0.05, 0) is 37.0 Å². The van der Waals surface area contributed by atoms with Crippen LogP contribution < -0.4 is 5.32 Å². The van der Waals surface area contributed by atoms with Crippen LogP contribution in [0, 0.1) is 6.92 Å². The molecule has 0 aliphatic heterocycles. The van der Waals surface area contributed by atoms with Gasteiger partial charge in [0.2, 0.25) is 11.8 Å². The second-order valence-corrected chi connectivity index (χ2v) is 8.69. The number of carbonyl (C=O) groups excluding carboxylic acids is 2. The molecule has 4 heteroatoms. The van der Waals surface area contributed by atoms with Crippen molar-refractivity contribution in [1.29, 1.82) is 0 Å². The van der Waals surface area contributed by atoms with Gasteiger partial charge in [-0.15, -0.1) is 0 Å². The van der Waals surface area contributed by atoms with Crippen LogP contribution in [0.2, 0.25) is 0 Å². The summed E-state index contributed by atoms with van der Waals surface area (Å²) in [6, 6.07) is 27.2. The Morgan fingerprint density at radius 1 is 0.818 bits per heavy atom. The van der Waals surface area contributed by atoms with E-state index in [1.165, 1.54) is 0 Å². The van der Waals surface area contributed by atoms with E-state index in [-0.39, 0.29) is 24.3 Å². The molecule has 4 nitrogen and oxygen atoms in total. The Balaban J connectivity index is 1.94. The Morgan fingerprint density at radius 2 is 1.39 bits per heavy atom. The molecular formula is C29H34N2O2. The number of hydrogen-bond acceptors (Lipinski definition) is 2. The summed E-state index contributed by atoms with van der Waals surface area (Å²) >= 11 is 0. The van der Waals surface area contributed by atoms with Crippen LogP contribution in [-0.2, 0) is 29.0 Å². The fraction of sp³-hybridized carbons (Fsp3) is 0.310. The molecule has 0 saturated carbocycles. The molecule has 1 N–H and O–H groups in total. The first-order chi connectivity index (χ1) is 16.0. The average Bonchev–Trinajstić information content (AvgIpc) is 2.83. The predicted molar refractivity (Wildman–Crippen MR) is 134 cm³/mol. The lowest BCUT2D eigenvalue weighted by Crippen LogP contribution is -2.52. The first-order valence-corrected chi connectivity index (χ1v) is 11.7. The summed E-state index contributed by atoms with van der Waals surface area (Å²) in [5, 5.41) is 3.11. The molecule has 3 aromatic carbocycles. The molecule has 0 aliphatic rings. The average molecular weight is 443 g/mol. The van der Waals surface area contributed by atoms with Crippen molar-refractivity contribution in [3.05, 3.63) is 107 Å². The number of amides is 2. The van der Waals surface area contributed by atoms with Crippen LogP contribution in [0.5, 0.6) is 0 Å². The normalized spacial score (nSPS) is 12.6. The summed E-state index contributed by atoms with van der Waals surface area (Å²) in [4.78, 5) is 28.8. The number of rotatable bonds is 10. The molecule has 0 aromatic heterocycles. The zero-order valence-electron chi connectivity index (χ0n) is 19.8. The molecule has 3 rings (SSSR count). The van der Waals surface area contributed by atoms with E-state index >= 15 is 0 Å². The standard InChI is InChI=1S/C29H34N2O2/c1-4-23(3)30-29(33)27(19-24-11-7-5-8-12-24)31(21-26-13-9-6-10-14-26)28(32)20-25-17-15-22(2)16-18-25/h5-18,23,27H,4,19-21H2,1-3H3,(H,30,33). The van der Waals surface area contributed by atoms with E-state index in [0.717, 1.165) is 28.7 Å². The molecule has 0 saturated heterocycles. The summed E-state index contributed by atoms with van der Waals surface area (Å²) in [5.41, 5.74) is 4.14. The van der Waals surface area contributed by atoms with Crippen molar-refractivity contribution in [2.24, 2.45) is 0 Å². The topological polar surface area (TPSA) is 49.4 Å². The molecule has 0 fully saturated rings. The third-order valence-corrected chi connectivity index (χ3v) is 5.94. The zero-order valence-corrected chi connectivity index (χ0v) is 19.8. The number of nitrogens with one attached hydrogen (secondary N) is 1. The lowest BCUT2D eigenvalue weighted by molar-refractivity contribution is -0.141. The van der Waals surface area contributed by atoms with E-state index in [2.05, 4.69) is 5.32 Å². The van der Waals surface area contributed by atoms with Crippen molar-refractivity contribution in [2.45, 2.75) is 58.7 Å². The molecule has 172 valence electrons. The second kappa shape index (κ2) is 12.0. The van der Waals surface area contributed by atoms with Crippen molar-refractivity contribution < 1.29 is 9.59 Å². The predicted octanol–water partition coefficient (Wildman–Crippen LogP) is 5.09. The molecule has 3 aromatic rings. The van der Waals surface area contributed by atoms with E-state index in [0.29, 0.717) is 13.0 Å². The number of benzene rings is 3. The third kappa shape index (κ3) is 7.31. The Bertz CT molecular complexity index is 1020. The van der Waals surface area contributed by atoms with Crippen molar-refractivity contribution in [3.63, 3.8) is 0 Å². The number of hydrogen-bond donors (Lipinski definition) is 1. The van der Waals surface area contributed by atoms with Gasteiger partial charge in [-0.3, -0.25) is 9.59 Å². The van der Waals surface area contributed by atoms with Gasteiger partial charge in [-0.25, -0.2) is 0 Å². The highest BCUT2D eigenvalue weighted by molar-refractivity contribution is 5.89. The quantitative estimate of drug-likeness (QED) is 0.475. The molecule has 2 amide bonds. The Hall–Kier alpha value is -3.40. The van der Waals surface area contributed by atoms with Crippen LogP contribution >= 0.6 is 0 Å². The third-order valence-electron chi connectivity index (χ3n) is 5.94. The minimum atomic E-state index is -0.598. The van der Waals surface area contributed by atoms with Gasteiger partial charge in [0.1, 0.15) is 6.04 Å². The molecule has 0 spiro atoms. The molecule has 0 heterocycles. The summed E-state index contributed by atoms with van der Waals surface area (Å²) in [6.45, 7) is 6.45. The Kier molecular flexibility index (Phi) is 8.82. The highest BCUT2D eigenvalue weighted by Gasteiger charge is 2.30. The second-order valence-electron chi connectivity index (χ2n) is 8.69. The minimum absolute atomic E-state index is 0.0431. The van der Waals surface area contributed by atoms with Crippen molar-refractivity contribution in [1.82, 2.24) is 10.2 Å². The van der Waals surface area contributed by atoms with Gasteiger partial charge in [0.15, 0.2) is 0 Å². The fourth-order valence-corrected chi connectivity index (χ4v) is 3.76. The number of carbonyl (C=O) groups is 2. The van der Waals surface area contributed by atoms with Crippen LogP contribution in [-0.4, -0.2) is 28.8 Å². The zero-order chi connectivity index (χ0) is 23.6. The summed E-state index contributed by atoms with van der Waals surface area (Å²) < 4.78 is 0. The van der Waals surface area contributed by atoms with E-state index in [1.807, 2.05) is 106 Å². The minimum Gasteiger partial charge on any atom is -0.352 e. The van der Waals surface area contributed by atoms with Crippen LogP contribution in [0.1, 0.15) is 42.5 Å². The highest BCUT2D eigenvalue weighted by atomic mass is 16.2. The van der Waals surface area contributed by atoms with E-state index in [9.17, 15) is 9.59 Å². The Labute approximate surface area is 197 Å². The van der Waals surface area contributed by atoms with Gasteiger partial charge >= 0.3 is 0 Å². The smallest absolute Gasteiger partial charge is 0.243 e. The summed E-state index contributed by atoms with van der Waals surface area (Å²) in [6.07, 6.45) is 1.56. The van der Waals surface area contributed by atoms with E-state index in [4.69, 9.17) is 0 Å². The lowest BCUT2D eigenvalue weighted by atomic mass is 10.0. The van der Waals surface area contributed by atoms with E-state index in [1.54, 1.807) is 4.90 Å². The van der Waals surface area contributed by atoms with Crippen molar-refractivity contribution in [3.8, 4) is 0 Å². The molecular weight excluding hydrogens is 408 g/mol. The van der Waals surface area contributed by atoms with Gasteiger partial charge in [0.25, 0.3) is 0 Å². The largest absolute Gasteiger partial charge is 0.352 e. The Morgan fingerprint density at radius 3 is 1.97 bits per heavy atom. The van der Waals surface area contributed by atoms with Crippen LogP contribution in [0.4, 0.5) is 0 Å². The van der Waals surface area contributed by atoms with Gasteiger partial charge in [-0.2, -0.15) is 0 Å². The van der Waals surface area contributed by atoms with Gasteiger partial charge in [0, 0.05) is 19.0 Å². The van der Waals surface area contributed by atoms with Crippen molar-refractivity contribution >= 4 is 11.8 Å². The number of aryl methyl sites for hydroxylation is 1. The monoisotopic (exact) mass is 442 g/mol. The van der Waals surface area contributed by atoms with Crippen LogP contribution in [0.15, 0.2) is 84.9 Å². The summed E-state index contributed by atoms with van der Waals surface area (Å²) in [7, 11) is 0. The van der Waals surface area contributed by atoms with Crippen molar-refractivity contribution in [2.75, 3.05) is 0 Å². The molecule has 0 bridgehead atoms. The van der Waals surface area contributed by atoms with Gasteiger partial charge in [-0.1, -0.05) is 97.4 Å². The lowest BCUT2D eigenvalue weighted by Gasteiger charge is -2.32. The maximum atomic E-state index is 13.6. The molecule has 0 aliphatic carbocycles. The van der Waals surface area contributed by atoms with Gasteiger partial charge in [0.05, 0.1) is 6.42 Å². The molecule has 33 heavy (non-hydrogen) atoms. The first-order valence-electron chi connectivity index (χ1n) is 11.7. The van der Waals surface area contributed by atoms with Crippen LogP contribution in [0.3, 0.4) is 0 Å². The maximum absolute atomic E-state index is 13.6. The maximum Gasteiger partial charge on any atom is 0.243 e. The fourth-order valence-electron chi connectivity index (χ4n) is 3.76.